The summed E-state index contributed by atoms with van der Waals surface area (Å²) in [6, 6.07) is -0.350. The molecule has 1 N–H and O–H groups in total. The van der Waals surface area contributed by atoms with Crippen LogP contribution in [0.15, 0.2) is 0 Å². The number of hydrogen-bond donors (Lipinski definition) is 1. The second-order valence-corrected chi connectivity index (χ2v) is 9.20. The summed E-state index contributed by atoms with van der Waals surface area (Å²) >= 11 is 0. The molecule has 6 nitrogen and oxygen atoms in total. The Bertz CT molecular complexity index is 432. The van der Waals surface area contributed by atoms with Crippen molar-refractivity contribution in [2.45, 2.75) is 53.2 Å². The van der Waals surface area contributed by atoms with Gasteiger partial charge < -0.3 is 10.1 Å². The molecular formula is C13H28N2O4S. The Kier molecular flexibility index (Phi) is 6.04. The van der Waals surface area contributed by atoms with Crippen molar-refractivity contribution in [3.63, 3.8) is 0 Å². The zero-order valence-electron chi connectivity index (χ0n) is 13.8. The molecule has 7 heteroatoms. The van der Waals surface area contributed by atoms with Crippen molar-refractivity contribution in [2.75, 3.05) is 19.8 Å². The number of amides is 1. The van der Waals surface area contributed by atoms with E-state index in [1.807, 2.05) is 20.8 Å². The minimum Gasteiger partial charge on any atom is -0.444 e. The predicted octanol–water partition coefficient (Wildman–Crippen LogP) is 1.82. The highest BCUT2D eigenvalue weighted by Crippen LogP contribution is 2.21. The number of hydrogen-bond acceptors (Lipinski definition) is 4. The van der Waals surface area contributed by atoms with Crippen LogP contribution < -0.4 is 5.32 Å². The quantitative estimate of drug-likeness (QED) is 0.859. The van der Waals surface area contributed by atoms with E-state index in [0.717, 1.165) is 6.26 Å². The van der Waals surface area contributed by atoms with E-state index in [-0.39, 0.29) is 18.0 Å². The molecule has 0 aliphatic rings. The first kappa shape index (κ1) is 19.2. The molecule has 0 spiro atoms. The van der Waals surface area contributed by atoms with Crippen LogP contribution in [0.3, 0.4) is 0 Å². The molecule has 0 fully saturated rings. The fourth-order valence-electron chi connectivity index (χ4n) is 1.38. The molecule has 0 aromatic heterocycles. The number of nitrogens with one attached hydrogen (secondary N) is 1. The first-order valence-electron chi connectivity index (χ1n) is 6.54. The van der Waals surface area contributed by atoms with Gasteiger partial charge in [0.15, 0.2) is 0 Å². The van der Waals surface area contributed by atoms with Gasteiger partial charge in [-0.2, -0.15) is 0 Å². The maximum Gasteiger partial charge on any atom is 0.407 e. The summed E-state index contributed by atoms with van der Waals surface area (Å²) < 4.78 is 29.4. The lowest BCUT2D eigenvalue weighted by Gasteiger charge is -2.34. The fourth-order valence-corrected chi connectivity index (χ4v) is 1.80. The summed E-state index contributed by atoms with van der Waals surface area (Å²) in [5.74, 6) is 0. The molecule has 120 valence electrons. The number of alkyl carbamates (subject to hydrolysis) is 1. The average Bonchev–Trinajstić information content (AvgIpc) is 2.09. The van der Waals surface area contributed by atoms with Gasteiger partial charge in [0.05, 0.1) is 12.3 Å². The highest BCUT2D eigenvalue weighted by atomic mass is 32.2. The average molecular weight is 308 g/mol. The van der Waals surface area contributed by atoms with Crippen LogP contribution >= 0.6 is 0 Å². The van der Waals surface area contributed by atoms with Crippen molar-refractivity contribution in [3.8, 4) is 0 Å². The van der Waals surface area contributed by atoms with Crippen molar-refractivity contribution < 1.29 is 17.9 Å². The molecule has 0 heterocycles. The van der Waals surface area contributed by atoms with Gasteiger partial charge in [0.1, 0.15) is 5.60 Å². The third-order valence-corrected chi connectivity index (χ3v) is 4.02. The molecule has 0 saturated carbocycles. The Labute approximate surface area is 122 Å². The fraction of sp³-hybridized carbons (Fsp3) is 0.923. The molecule has 0 aromatic carbocycles. The third-order valence-electron chi connectivity index (χ3n) is 2.74. The Hall–Kier alpha value is -0.820. The SMILES string of the molecule is CN(C[C@@H](NC(=O)OC(C)(C)C)C(C)(C)C)S(C)(=O)=O. The van der Waals surface area contributed by atoms with Gasteiger partial charge in [0.25, 0.3) is 0 Å². The Morgan fingerprint density at radius 1 is 1.20 bits per heavy atom. The van der Waals surface area contributed by atoms with Gasteiger partial charge in [-0.1, -0.05) is 20.8 Å². The lowest BCUT2D eigenvalue weighted by Crippen LogP contribution is -2.51. The number of sulfonamides is 1. The molecule has 0 rings (SSSR count). The van der Waals surface area contributed by atoms with Crippen molar-refractivity contribution in [2.24, 2.45) is 5.41 Å². The number of likely N-dealkylation sites (N-methyl/N-ethyl adjacent to an activating group) is 1. The Morgan fingerprint density at radius 2 is 1.65 bits per heavy atom. The topological polar surface area (TPSA) is 75.7 Å². The molecule has 0 bridgehead atoms. The smallest absolute Gasteiger partial charge is 0.407 e. The molecule has 1 atom stereocenters. The van der Waals surface area contributed by atoms with Gasteiger partial charge >= 0.3 is 6.09 Å². The highest BCUT2D eigenvalue weighted by Gasteiger charge is 2.31. The van der Waals surface area contributed by atoms with E-state index in [2.05, 4.69) is 5.32 Å². The zero-order valence-corrected chi connectivity index (χ0v) is 14.6. The molecule has 0 unspecified atom stereocenters. The van der Waals surface area contributed by atoms with Crippen LogP contribution in [0.4, 0.5) is 4.79 Å². The third kappa shape index (κ3) is 7.69. The highest BCUT2D eigenvalue weighted by molar-refractivity contribution is 7.88. The molecule has 0 aliphatic carbocycles. The first-order valence-corrected chi connectivity index (χ1v) is 8.38. The molecule has 0 aromatic rings. The molecule has 20 heavy (non-hydrogen) atoms. The van der Waals surface area contributed by atoms with E-state index in [9.17, 15) is 13.2 Å². The first-order chi connectivity index (χ1) is 8.63. The van der Waals surface area contributed by atoms with E-state index < -0.39 is 21.7 Å². The van der Waals surface area contributed by atoms with E-state index in [1.165, 1.54) is 11.4 Å². The monoisotopic (exact) mass is 308 g/mol. The number of carbonyl (C=O) groups excluding carboxylic acids is 1. The van der Waals surface area contributed by atoms with Gasteiger partial charge in [-0.3, -0.25) is 0 Å². The number of rotatable bonds is 4. The lowest BCUT2D eigenvalue weighted by molar-refractivity contribution is 0.0455. The number of nitrogens with zero attached hydrogens (tertiary/aromatic N) is 1. The standard InChI is InChI=1S/C13H28N2O4S/c1-12(2,3)10(9-15(7)20(8,17)18)14-11(16)19-13(4,5)6/h10H,9H2,1-8H3,(H,14,16)/t10-/m1/s1. The van der Waals surface area contributed by atoms with Gasteiger partial charge in [-0.25, -0.2) is 17.5 Å². The van der Waals surface area contributed by atoms with Crippen LogP contribution in [-0.2, 0) is 14.8 Å². The van der Waals surface area contributed by atoms with Crippen LogP contribution in [-0.4, -0.2) is 50.3 Å². The van der Waals surface area contributed by atoms with Crippen LogP contribution in [0.25, 0.3) is 0 Å². The van der Waals surface area contributed by atoms with Crippen LogP contribution in [0.5, 0.6) is 0 Å². The van der Waals surface area contributed by atoms with Crippen molar-refractivity contribution in [1.82, 2.24) is 9.62 Å². The summed E-state index contributed by atoms with van der Waals surface area (Å²) in [7, 11) is -1.80. The van der Waals surface area contributed by atoms with E-state index in [4.69, 9.17) is 4.74 Å². The van der Waals surface area contributed by atoms with Gasteiger partial charge in [0.2, 0.25) is 10.0 Å². The van der Waals surface area contributed by atoms with Crippen LogP contribution in [0, 0.1) is 5.41 Å². The van der Waals surface area contributed by atoms with Gasteiger partial charge in [-0.05, 0) is 26.2 Å². The molecule has 1 amide bonds. The van der Waals surface area contributed by atoms with Gasteiger partial charge in [0, 0.05) is 13.6 Å². The van der Waals surface area contributed by atoms with E-state index >= 15 is 0 Å². The van der Waals surface area contributed by atoms with Crippen molar-refractivity contribution >= 4 is 16.1 Å². The maximum atomic E-state index is 11.8. The predicted molar refractivity (Wildman–Crippen MR) is 80.1 cm³/mol. The Balaban J connectivity index is 4.90. The summed E-state index contributed by atoms with van der Waals surface area (Å²) in [5, 5.41) is 2.75. The Morgan fingerprint density at radius 3 is 1.95 bits per heavy atom. The molecule has 0 saturated heterocycles. The molecule has 0 aliphatic heterocycles. The van der Waals surface area contributed by atoms with Gasteiger partial charge in [-0.15, -0.1) is 0 Å². The summed E-state index contributed by atoms with van der Waals surface area (Å²) in [4.78, 5) is 11.8. The normalized spacial score (nSPS) is 15.1. The minimum absolute atomic E-state index is 0.196. The summed E-state index contributed by atoms with van der Waals surface area (Å²) in [6.07, 6.45) is 0.597. The summed E-state index contributed by atoms with van der Waals surface area (Å²) in [6.45, 7) is 11.3. The van der Waals surface area contributed by atoms with Crippen LogP contribution in [0.1, 0.15) is 41.5 Å². The lowest BCUT2D eigenvalue weighted by atomic mass is 9.87. The van der Waals surface area contributed by atoms with Crippen molar-refractivity contribution in [1.29, 1.82) is 0 Å². The molecule has 0 radical (unpaired) electrons. The van der Waals surface area contributed by atoms with Crippen LogP contribution in [0.2, 0.25) is 0 Å². The van der Waals surface area contributed by atoms with E-state index in [1.54, 1.807) is 20.8 Å². The minimum atomic E-state index is -3.29. The summed E-state index contributed by atoms with van der Waals surface area (Å²) in [5.41, 5.74) is -0.884. The number of ether oxygens (including phenoxy) is 1. The largest absolute Gasteiger partial charge is 0.444 e. The molecular weight excluding hydrogens is 280 g/mol. The second-order valence-electron chi connectivity index (χ2n) is 7.11. The zero-order chi connectivity index (χ0) is 16.4. The second kappa shape index (κ2) is 6.30. The van der Waals surface area contributed by atoms with Crippen molar-refractivity contribution in [3.05, 3.63) is 0 Å². The van der Waals surface area contributed by atoms with E-state index in [0.29, 0.717) is 0 Å². The maximum absolute atomic E-state index is 11.8. The number of carbonyl (C=O) groups is 1.